The molecule has 76 valence electrons. The number of hydrogen-bond donors (Lipinski definition) is 5. The van der Waals surface area contributed by atoms with Crippen LogP contribution in [0.2, 0.25) is 0 Å². The lowest BCUT2D eigenvalue weighted by Gasteiger charge is -2.16. The predicted octanol–water partition coefficient (Wildman–Crippen LogP) is -0.815. The zero-order valence-corrected chi connectivity index (χ0v) is 8.72. The molecule has 0 aromatic carbocycles. The first-order valence-electron chi connectivity index (χ1n) is 3.12. The maximum atomic E-state index is 8.43. The monoisotopic (exact) mass is 218 g/mol. The first-order chi connectivity index (χ1) is 5.12. The van der Waals surface area contributed by atoms with E-state index in [-0.39, 0.29) is 18.6 Å². The van der Waals surface area contributed by atoms with Crippen molar-refractivity contribution in [3.05, 3.63) is 0 Å². The number of hydrogen-bond acceptors (Lipinski definition) is 3. The molecule has 0 rings (SSSR count). The van der Waals surface area contributed by atoms with E-state index in [9.17, 15) is 0 Å². The van der Waals surface area contributed by atoms with Crippen molar-refractivity contribution in [3.8, 4) is 0 Å². The van der Waals surface area contributed by atoms with E-state index >= 15 is 0 Å². The summed E-state index contributed by atoms with van der Waals surface area (Å²) in [4.78, 5) is 22.7. The Bertz CT molecular complexity index is 140. The van der Waals surface area contributed by atoms with Crippen LogP contribution in [-0.4, -0.2) is 38.1 Å². The Morgan fingerprint density at radius 3 is 1.25 bits per heavy atom. The number of aliphatic hydroxyl groups excluding tert-OH is 2. The standard InChI is InChI=1S/C5H12O2.H3O3PS/c1-5(2,3-6)4-7;1-4(2,3)5/h6-7H,3-4H2,1-2H3;(H3,1,2,3,5). The third-order valence-electron chi connectivity index (χ3n) is 0.856. The molecule has 5 N–H and O–H groups in total. The molecule has 0 aromatic rings. The summed E-state index contributed by atoms with van der Waals surface area (Å²) in [5, 5.41) is 16.9. The summed E-state index contributed by atoms with van der Waals surface area (Å²) >= 11 is 3.60. The normalized spacial score (nSPS) is 11.9. The molecule has 0 saturated carbocycles. The second-order valence-corrected chi connectivity index (χ2v) is 5.49. The average molecular weight is 218 g/mol. The van der Waals surface area contributed by atoms with Crippen molar-refractivity contribution < 1.29 is 24.9 Å². The SMILES string of the molecule is CC(C)(CO)CO.OP(O)(O)=S. The highest BCUT2D eigenvalue weighted by Crippen LogP contribution is 2.26. The van der Waals surface area contributed by atoms with Crippen LogP contribution >= 0.6 is 6.72 Å². The Balaban J connectivity index is 0. The van der Waals surface area contributed by atoms with Gasteiger partial charge in [0.05, 0.1) is 13.2 Å². The largest absolute Gasteiger partial charge is 0.396 e. The smallest absolute Gasteiger partial charge is 0.319 e. The van der Waals surface area contributed by atoms with Gasteiger partial charge in [-0.25, -0.2) is 0 Å². The Kier molecular flexibility index (Phi) is 7.46. The lowest BCUT2D eigenvalue weighted by molar-refractivity contribution is 0.0857. The van der Waals surface area contributed by atoms with Crippen molar-refractivity contribution in [2.75, 3.05) is 13.2 Å². The third-order valence-corrected chi connectivity index (χ3v) is 0.856. The van der Waals surface area contributed by atoms with E-state index in [1.54, 1.807) is 13.8 Å². The van der Waals surface area contributed by atoms with E-state index < -0.39 is 6.72 Å². The minimum Gasteiger partial charge on any atom is -0.396 e. The lowest BCUT2D eigenvalue weighted by Crippen LogP contribution is -2.20. The Morgan fingerprint density at radius 2 is 1.25 bits per heavy atom. The maximum absolute atomic E-state index is 8.43. The third kappa shape index (κ3) is 22.4. The molecule has 0 fully saturated rings. The number of aliphatic hydroxyl groups is 2. The quantitative estimate of drug-likeness (QED) is 0.388. The fourth-order valence-corrected chi connectivity index (χ4v) is 0.0500. The van der Waals surface area contributed by atoms with Gasteiger partial charge in [-0.1, -0.05) is 13.8 Å². The fourth-order valence-electron chi connectivity index (χ4n) is 0.0500. The first kappa shape index (κ1) is 14.9. The fraction of sp³-hybridized carbons (Fsp3) is 1.00. The Hall–Kier alpha value is 0.450. The molecule has 0 bridgehead atoms. The Labute approximate surface area is 76.6 Å². The first-order valence-corrected chi connectivity index (χ1v) is 5.78. The molecule has 0 atom stereocenters. The zero-order valence-electron chi connectivity index (χ0n) is 7.01. The van der Waals surface area contributed by atoms with Crippen LogP contribution in [0.25, 0.3) is 0 Å². The summed E-state index contributed by atoms with van der Waals surface area (Å²) in [6.45, 7) is -0.118. The van der Waals surface area contributed by atoms with Gasteiger partial charge in [-0.05, 0) is 11.8 Å². The average Bonchev–Trinajstić information content (AvgIpc) is 1.85. The molecule has 12 heavy (non-hydrogen) atoms. The van der Waals surface area contributed by atoms with Gasteiger partial charge in [-0.15, -0.1) is 0 Å². The van der Waals surface area contributed by atoms with Crippen LogP contribution in [0.1, 0.15) is 13.8 Å². The molecular weight excluding hydrogens is 203 g/mol. The highest BCUT2D eigenvalue weighted by atomic mass is 32.5. The van der Waals surface area contributed by atoms with Crippen LogP contribution in [0.15, 0.2) is 0 Å². The van der Waals surface area contributed by atoms with Gasteiger partial charge in [0, 0.05) is 5.41 Å². The van der Waals surface area contributed by atoms with Gasteiger partial charge in [0.1, 0.15) is 0 Å². The molecule has 0 aliphatic heterocycles. The van der Waals surface area contributed by atoms with E-state index in [2.05, 4.69) is 11.8 Å². The van der Waals surface area contributed by atoms with Gasteiger partial charge in [0.25, 0.3) is 0 Å². The van der Waals surface area contributed by atoms with Gasteiger partial charge in [-0.2, -0.15) is 0 Å². The summed E-state index contributed by atoms with van der Waals surface area (Å²) in [6.07, 6.45) is 0. The molecule has 0 amide bonds. The molecule has 0 aliphatic rings. The van der Waals surface area contributed by atoms with Gasteiger partial charge < -0.3 is 24.9 Å². The van der Waals surface area contributed by atoms with Crippen LogP contribution in [0.4, 0.5) is 0 Å². The highest BCUT2D eigenvalue weighted by Gasteiger charge is 2.13. The molecule has 0 aromatic heterocycles. The van der Waals surface area contributed by atoms with Gasteiger partial charge in [0.2, 0.25) is 0 Å². The van der Waals surface area contributed by atoms with Crippen LogP contribution in [0, 0.1) is 5.41 Å². The molecule has 5 nitrogen and oxygen atoms in total. The van der Waals surface area contributed by atoms with Crippen LogP contribution in [0.5, 0.6) is 0 Å². The van der Waals surface area contributed by atoms with Crippen molar-refractivity contribution in [2.24, 2.45) is 5.41 Å². The number of rotatable bonds is 2. The molecule has 0 heterocycles. The van der Waals surface area contributed by atoms with Gasteiger partial charge in [0.15, 0.2) is 0 Å². The summed E-state index contributed by atoms with van der Waals surface area (Å²) < 4.78 is 0. The summed E-state index contributed by atoms with van der Waals surface area (Å²) in [6, 6.07) is 0. The van der Waals surface area contributed by atoms with E-state index in [1.165, 1.54) is 0 Å². The lowest BCUT2D eigenvalue weighted by atomic mass is 9.97. The minimum absolute atomic E-state index is 0.0451. The van der Waals surface area contributed by atoms with Crippen LogP contribution in [-0.2, 0) is 11.8 Å². The highest BCUT2D eigenvalue weighted by molar-refractivity contribution is 8.06. The van der Waals surface area contributed by atoms with Crippen molar-refractivity contribution in [3.63, 3.8) is 0 Å². The van der Waals surface area contributed by atoms with Crippen LogP contribution < -0.4 is 0 Å². The topological polar surface area (TPSA) is 101 Å². The van der Waals surface area contributed by atoms with Gasteiger partial charge in [-0.3, -0.25) is 0 Å². The molecule has 0 saturated heterocycles. The van der Waals surface area contributed by atoms with Crippen molar-refractivity contribution in [2.45, 2.75) is 13.8 Å². The van der Waals surface area contributed by atoms with Crippen molar-refractivity contribution in [1.82, 2.24) is 0 Å². The van der Waals surface area contributed by atoms with Crippen molar-refractivity contribution >= 4 is 18.5 Å². The Morgan fingerprint density at radius 1 is 1.08 bits per heavy atom. The molecule has 0 aliphatic carbocycles. The van der Waals surface area contributed by atoms with E-state index in [0.29, 0.717) is 0 Å². The van der Waals surface area contributed by atoms with E-state index in [4.69, 9.17) is 24.9 Å². The zero-order chi connectivity index (χ0) is 10.4. The summed E-state index contributed by atoms with van der Waals surface area (Å²) in [7, 11) is 0. The second kappa shape index (κ2) is 5.99. The second-order valence-electron chi connectivity index (χ2n) is 2.99. The molecule has 7 heteroatoms. The van der Waals surface area contributed by atoms with Crippen LogP contribution in [0.3, 0.4) is 0 Å². The molecule has 0 unspecified atom stereocenters. The van der Waals surface area contributed by atoms with Crippen molar-refractivity contribution in [1.29, 1.82) is 0 Å². The summed E-state index contributed by atoms with van der Waals surface area (Å²) in [5.74, 6) is 0. The minimum atomic E-state index is -3.81. The van der Waals surface area contributed by atoms with E-state index in [1.807, 2.05) is 0 Å². The molecule has 0 radical (unpaired) electrons. The molecular formula is C5H15O5PS. The van der Waals surface area contributed by atoms with E-state index in [0.717, 1.165) is 0 Å². The predicted molar refractivity (Wildman–Crippen MR) is 48.9 cm³/mol. The summed E-state index contributed by atoms with van der Waals surface area (Å²) in [5.41, 5.74) is -0.306. The molecule has 0 spiro atoms. The van der Waals surface area contributed by atoms with Gasteiger partial charge >= 0.3 is 6.72 Å². The maximum Gasteiger partial charge on any atom is 0.319 e.